The number of primary amides is 1. The normalized spacial score (nSPS) is 11.3. The van der Waals surface area contributed by atoms with Crippen molar-refractivity contribution in [1.82, 2.24) is 33.4 Å². The monoisotopic (exact) mass is 708 g/mol. The van der Waals surface area contributed by atoms with Gasteiger partial charge in [-0.3, -0.25) is 29.7 Å². The number of hydrogen-bond donors (Lipinski definition) is 3. The standard InChI is InChI=1S/C37H44N10O4.CH4/c1-7-44-21-23(5)18-29(44)34(49)41-36-40-27-20-25(33(38)48)14-15-28(27)45(36)16-9-10-17-46-32-26(12-11-13-31(32)51-22(3)4)39-37(46)42-35(50)30-19-24(6)43-47(30)8-2;/h11-15,18-22H,7-10,16-17H2,1-6H3,(H2,38,48)(H,39,42,50)(H,40,41,49);1H4. The van der Waals surface area contributed by atoms with Crippen LogP contribution in [0.25, 0.3) is 22.1 Å². The molecule has 14 nitrogen and oxygen atoms in total. The summed E-state index contributed by atoms with van der Waals surface area (Å²) < 4.78 is 13.7. The number of aromatic nitrogens is 7. The van der Waals surface area contributed by atoms with Gasteiger partial charge in [0, 0.05) is 37.9 Å². The molecule has 0 atom stereocenters. The van der Waals surface area contributed by atoms with Crippen LogP contribution in [0.5, 0.6) is 5.75 Å². The van der Waals surface area contributed by atoms with Crippen molar-refractivity contribution in [3.05, 3.63) is 82.9 Å². The Hall–Kier alpha value is -5.92. The van der Waals surface area contributed by atoms with Gasteiger partial charge in [0.05, 0.1) is 28.3 Å². The van der Waals surface area contributed by atoms with Gasteiger partial charge < -0.3 is 24.2 Å². The number of para-hydroxylation sites is 1. The highest BCUT2D eigenvalue weighted by molar-refractivity contribution is 6.04. The predicted octanol–water partition coefficient (Wildman–Crippen LogP) is 6.55. The fourth-order valence-corrected chi connectivity index (χ4v) is 6.37. The first-order chi connectivity index (χ1) is 24.5. The number of rotatable bonds is 14. The van der Waals surface area contributed by atoms with Crippen LogP contribution < -0.4 is 21.1 Å². The molecule has 0 spiro atoms. The van der Waals surface area contributed by atoms with E-state index in [4.69, 9.17) is 20.4 Å². The van der Waals surface area contributed by atoms with E-state index in [-0.39, 0.29) is 25.3 Å². The third-order valence-electron chi connectivity index (χ3n) is 8.63. The topological polar surface area (TPSA) is 169 Å². The minimum atomic E-state index is -0.557. The van der Waals surface area contributed by atoms with E-state index in [0.717, 1.165) is 22.3 Å². The first kappa shape index (κ1) is 37.3. The largest absolute Gasteiger partial charge is 0.489 e. The molecule has 52 heavy (non-hydrogen) atoms. The number of nitrogens with zero attached hydrogens (tertiary/aromatic N) is 7. The SMILES string of the molecule is C.CCn1cc(C)cc1C(=O)Nc1nc2cc(C(N)=O)ccc2n1CCCCn1c(NC(=O)c2cc(C)nn2CC)nc2cccc(OC(C)C)c21. The number of amides is 3. The molecule has 0 bridgehead atoms. The van der Waals surface area contributed by atoms with Gasteiger partial charge >= 0.3 is 0 Å². The molecular weight excluding hydrogens is 660 g/mol. The maximum atomic E-state index is 13.5. The third kappa shape index (κ3) is 7.55. The molecule has 0 saturated carbocycles. The van der Waals surface area contributed by atoms with Crippen LogP contribution in [-0.2, 0) is 26.2 Å². The number of unbranched alkanes of at least 4 members (excludes halogenated alkanes) is 1. The van der Waals surface area contributed by atoms with Gasteiger partial charge in [-0.1, -0.05) is 13.5 Å². The lowest BCUT2D eigenvalue weighted by molar-refractivity contribution is 0.0995. The maximum Gasteiger partial charge on any atom is 0.276 e. The van der Waals surface area contributed by atoms with Gasteiger partial charge in [0.15, 0.2) is 0 Å². The van der Waals surface area contributed by atoms with E-state index in [2.05, 4.69) is 15.7 Å². The summed E-state index contributed by atoms with van der Waals surface area (Å²) in [6.45, 7) is 13.9. The summed E-state index contributed by atoms with van der Waals surface area (Å²) in [5.41, 5.74) is 11.4. The lowest BCUT2D eigenvalue weighted by atomic mass is 10.2. The Labute approximate surface area is 303 Å². The van der Waals surface area contributed by atoms with Crippen LogP contribution in [0, 0.1) is 13.8 Å². The molecule has 14 heteroatoms. The molecule has 0 aliphatic heterocycles. The highest BCUT2D eigenvalue weighted by atomic mass is 16.5. The summed E-state index contributed by atoms with van der Waals surface area (Å²) in [6, 6.07) is 14.4. The summed E-state index contributed by atoms with van der Waals surface area (Å²) in [5, 5.41) is 10.5. The Morgan fingerprint density at radius 2 is 1.52 bits per heavy atom. The van der Waals surface area contributed by atoms with Crippen molar-refractivity contribution >= 4 is 51.7 Å². The zero-order valence-corrected chi connectivity index (χ0v) is 29.9. The zero-order valence-electron chi connectivity index (χ0n) is 29.9. The lowest BCUT2D eigenvalue weighted by Gasteiger charge is -2.15. The number of imidazole rings is 2. The Morgan fingerprint density at radius 3 is 2.19 bits per heavy atom. The van der Waals surface area contributed by atoms with Gasteiger partial charge in [-0.05, 0) is 102 Å². The molecule has 4 heterocycles. The smallest absolute Gasteiger partial charge is 0.276 e. The Kier molecular flexibility index (Phi) is 11.2. The van der Waals surface area contributed by atoms with Crippen molar-refractivity contribution in [1.29, 1.82) is 0 Å². The van der Waals surface area contributed by atoms with Crippen molar-refractivity contribution in [3.8, 4) is 5.75 Å². The van der Waals surface area contributed by atoms with Crippen LogP contribution in [0.4, 0.5) is 11.9 Å². The Morgan fingerprint density at radius 1 is 0.846 bits per heavy atom. The molecule has 0 radical (unpaired) electrons. The van der Waals surface area contributed by atoms with Gasteiger partial charge in [-0.15, -0.1) is 0 Å². The van der Waals surface area contributed by atoms with Crippen molar-refractivity contribution < 1.29 is 19.1 Å². The first-order valence-corrected chi connectivity index (χ1v) is 17.3. The fourth-order valence-electron chi connectivity index (χ4n) is 6.37. The second-order valence-corrected chi connectivity index (χ2v) is 12.8. The Bertz CT molecular complexity index is 2250. The number of hydrogen-bond acceptors (Lipinski definition) is 7. The highest BCUT2D eigenvalue weighted by Crippen LogP contribution is 2.31. The number of nitrogens with one attached hydrogen (secondary N) is 2. The highest BCUT2D eigenvalue weighted by Gasteiger charge is 2.22. The molecule has 4 N–H and O–H groups in total. The van der Waals surface area contributed by atoms with E-state index in [0.29, 0.717) is 84.7 Å². The average Bonchev–Trinajstić information content (AvgIpc) is 3.85. The number of nitrogens with two attached hydrogens (primary N) is 1. The summed E-state index contributed by atoms with van der Waals surface area (Å²) in [5.74, 6) is 0.316. The van der Waals surface area contributed by atoms with Crippen LogP contribution in [0.1, 0.15) is 90.6 Å². The molecule has 274 valence electrons. The molecule has 0 fully saturated rings. The van der Waals surface area contributed by atoms with Crippen molar-refractivity contribution in [2.24, 2.45) is 5.73 Å². The predicted molar refractivity (Wildman–Crippen MR) is 203 cm³/mol. The van der Waals surface area contributed by atoms with E-state index in [1.807, 2.05) is 85.7 Å². The molecule has 2 aromatic carbocycles. The van der Waals surface area contributed by atoms with Crippen molar-refractivity contribution in [2.75, 3.05) is 10.6 Å². The molecule has 0 saturated heterocycles. The van der Waals surface area contributed by atoms with E-state index in [1.54, 1.807) is 28.9 Å². The lowest BCUT2D eigenvalue weighted by Crippen LogP contribution is -2.20. The molecule has 0 unspecified atom stereocenters. The van der Waals surface area contributed by atoms with Gasteiger partial charge in [-0.2, -0.15) is 5.10 Å². The van der Waals surface area contributed by atoms with E-state index < -0.39 is 5.91 Å². The Balaban J connectivity index is 0.00000523. The van der Waals surface area contributed by atoms with Gasteiger partial charge in [0.25, 0.3) is 11.8 Å². The van der Waals surface area contributed by atoms with E-state index in [1.165, 1.54) is 0 Å². The van der Waals surface area contributed by atoms with Crippen LogP contribution in [0.2, 0.25) is 0 Å². The quantitative estimate of drug-likeness (QED) is 0.108. The third-order valence-corrected chi connectivity index (χ3v) is 8.63. The summed E-state index contributed by atoms with van der Waals surface area (Å²) >= 11 is 0. The van der Waals surface area contributed by atoms with Crippen LogP contribution in [0.15, 0.2) is 54.7 Å². The van der Waals surface area contributed by atoms with Crippen LogP contribution in [-0.4, -0.2) is 57.3 Å². The molecular formula is C38H48N10O4. The van der Waals surface area contributed by atoms with Crippen LogP contribution >= 0.6 is 0 Å². The first-order valence-electron chi connectivity index (χ1n) is 17.3. The number of carbonyl (C=O) groups is 3. The zero-order chi connectivity index (χ0) is 36.4. The number of fused-ring (bicyclic) bond motifs is 2. The summed E-state index contributed by atoms with van der Waals surface area (Å²) in [6.07, 6.45) is 3.23. The summed E-state index contributed by atoms with van der Waals surface area (Å²) in [7, 11) is 0. The fraction of sp³-hybridized carbons (Fsp3) is 0.368. The van der Waals surface area contributed by atoms with E-state index in [9.17, 15) is 14.4 Å². The maximum absolute atomic E-state index is 13.5. The van der Waals surface area contributed by atoms with Crippen LogP contribution in [0.3, 0.4) is 0 Å². The number of benzene rings is 2. The van der Waals surface area contributed by atoms with Gasteiger partial charge in [-0.25, -0.2) is 9.97 Å². The van der Waals surface area contributed by atoms with Crippen molar-refractivity contribution in [2.45, 2.75) is 94.1 Å². The number of aryl methyl sites for hydroxylation is 6. The van der Waals surface area contributed by atoms with Gasteiger partial charge in [0.1, 0.15) is 22.7 Å². The molecule has 0 aliphatic carbocycles. The van der Waals surface area contributed by atoms with E-state index >= 15 is 0 Å². The number of ether oxygens (including phenoxy) is 1. The summed E-state index contributed by atoms with van der Waals surface area (Å²) in [4.78, 5) is 48.5. The van der Waals surface area contributed by atoms with Crippen molar-refractivity contribution in [3.63, 3.8) is 0 Å². The minimum Gasteiger partial charge on any atom is -0.489 e. The average molecular weight is 709 g/mol. The molecule has 6 aromatic rings. The second-order valence-electron chi connectivity index (χ2n) is 12.8. The minimum absolute atomic E-state index is 0. The molecule has 0 aliphatic rings. The molecule has 3 amide bonds. The second kappa shape index (κ2) is 15.5. The number of anilines is 2. The molecule has 6 rings (SSSR count). The van der Waals surface area contributed by atoms with Gasteiger partial charge in [0.2, 0.25) is 17.8 Å². The number of carbonyl (C=O) groups excluding carboxylic acids is 3. The molecule has 4 aromatic heterocycles.